The highest BCUT2D eigenvalue weighted by Crippen LogP contribution is 2.17. The van der Waals surface area contributed by atoms with Crippen molar-refractivity contribution < 1.29 is 10.2 Å². The molecule has 10 heavy (non-hydrogen) atoms. The van der Waals surface area contributed by atoms with E-state index in [9.17, 15) is 5.11 Å². The third-order valence-corrected chi connectivity index (χ3v) is 1.73. The summed E-state index contributed by atoms with van der Waals surface area (Å²) in [5, 5.41) is 18.4. The van der Waals surface area contributed by atoms with Crippen LogP contribution in [-0.4, -0.2) is 22.4 Å². The Morgan fingerprint density at radius 2 is 1.50 bits per heavy atom. The van der Waals surface area contributed by atoms with E-state index in [4.69, 9.17) is 5.11 Å². The Kier molecular flexibility index (Phi) is 1.92. The van der Waals surface area contributed by atoms with E-state index in [0.717, 1.165) is 11.1 Å². The van der Waals surface area contributed by atoms with Crippen LogP contribution in [0, 0.1) is 0 Å². The maximum atomic E-state index is 9.32. The molecule has 0 spiro atoms. The molecule has 0 unspecified atom stereocenters. The zero-order valence-electron chi connectivity index (χ0n) is 6.20. The van der Waals surface area contributed by atoms with Crippen molar-refractivity contribution in [1.29, 1.82) is 0 Å². The van der Waals surface area contributed by atoms with E-state index < -0.39 is 12.2 Å². The van der Waals surface area contributed by atoms with Gasteiger partial charge < -0.3 is 10.2 Å². The van der Waals surface area contributed by atoms with Gasteiger partial charge in [0.25, 0.3) is 0 Å². The standard InChI is InChI=1S/C8H12O2/c1-5-3-7(9)4-6(2)8(5)10/h3-4,7-10H,1-2H3. The van der Waals surface area contributed by atoms with Crippen LogP contribution in [0.4, 0.5) is 0 Å². The minimum Gasteiger partial charge on any atom is -0.385 e. The molecule has 56 valence electrons. The van der Waals surface area contributed by atoms with Crippen LogP contribution in [-0.2, 0) is 0 Å². The van der Waals surface area contributed by atoms with Crippen molar-refractivity contribution in [3.05, 3.63) is 23.3 Å². The third-order valence-electron chi connectivity index (χ3n) is 1.73. The molecule has 2 nitrogen and oxygen atoms in total. The lowest BCUT2D eigenvalue weighted by atomic mass is 9.96. The molecule has 0 atom stereocenters. The molecule has 0 fully saturated rings. The first kappa shape index (κ1) is 7.51. The van der Waals surface area contributed by atoms with Crippen LogP contribution < -0.4 is 0 Å². The summed E-state index contributed by atoms with van der Waals surface area (Å²) in [4.78, 5) is 0. The molecule has 0 saturated carbocycles. The molecule has 0 aliphatic heterocycles. The van der Waals surface area contributed by atoms with Crippen molar-refractivity contribution in [3.8, 4) is 0 Å². The minimum atomic E-state index is -0.511. The summed E-state index contributed by atoms with van der Waals surface area (Å²) in [5.41, 5.74) is 1.65. The summed E-state index contributed by atoms with van der Waals surface area (Å²) in [6.07, 6.45) is 2.31. The fourth-order valence-electron chi connectivity index (χ4n) is 1.13. The topological polar surface area (TPSA) is 40.5 Å². The highest BCUT2D eigenvalue weighted by atomic mass is 16.3. The van der Waals surface area contributed by atoms with Gasteiger partial charge in [-0.3, -0.25) is 0 Å². The molecule has 0 radical (unpaired) electrons. The van der Waals surface area contributed by atoms with E-state index in [1.54, 1.807) is 12.2 Å². The smallest absolute Gasteiger partial charge is 0.0957 e. The Labute approximate surface area is 60.5 Å². The quantitative estimate of drug-likeness (QED) is 0.484. The normalized spacial score (nSPS) is 33.2. The number of rotatable bonds is 0. The maximum Gasteiger partial charge on any atom is 0.0957 e. The van der Waals surface area contributed by atoms with Crippen molar-refractivity contribution in [1.82, 2.24) is 0 Å². The first-order chi connectivity index (χ1) is 4.61. The molecule has 0 bridgehead atoms. The second-order valence-corrected chi connectivity index (χ2v) is 2.71. The first-order valence-electron chi connectivity index (χ1n) is 3.34. The van der Waals surface area contributed by atoms with Gasteiger partial charge >= 0.3 is 0 Å². The van der Waals surface area contributed by atoms with Crippen LogP contribution >= 0.6 is 0 Å². The number of aliphatic hydroxyl groups excluding tert-OH is 2. The van der Waals surface area contributed by atoms with Gasteiger partial charge in [0.05, 0.1) is 12.2 Å². The number of aliphatic hydroxyl groups is 2. The lowest BCUT2D eigenvalue weighted by molar-refractivity contribution is 0.220. The summed E-state index contributed by atoms with van der Waals surface area (Å²) in [5.74, 6) is 0. The molecule has 1 aliphatic rings. The van der Waals surface area contributed by atoms with Gasteiger partial charge in [0, 0.05) is 0 Å². The SMILES string of the molecule is CC1=CC(O)C=C(C)C1O. The number of hydrogen-bond acceptors (Lipinski definition) is 2. The fraction of sp³-hybridized carbons (Fsp3) is 0.500. The van der Waals surface area contributed by atoms with Gasteiger partial charge in [-0.05, 0) is 25.0 Å². The molecule has 2 heteroatoms. The first-order valence-corrected chi connectivity index (χ1v) is 3.34. The highest BCUT2D eigenvalue weighted by molar-refractivity contribution is 5.29. The van der Waals surface area contributed by atoms with Crippen molar-refractivity contribution in [3.63, 3.8) is 0 Å². The Hall–Kier alpha value is -0.600. The van der Waals surface area contributed by atoms with E-state index in [1.165, 1.54) is 0 Å². The molecular formula is C8H12O2. The van der Waals surface area contributed by atoms with Gasteiger partial charge in [-0.1, -0.05) is 12.2 Å². The van der Waals surface area contributed by atoms with Crippen LogP contribution in [0.3, 0.4) is 0 Å². The van der Waals surface area contributed by atoms with Crippen LogP contribution in [0.25, 0.3) is 0 Å². The van der Waals surface area contributed by atoms with Gasteiger partial charge in [0.15, 0.2) is 0 Å². The summed E-state index contributed by atoms with van der Waals surface area (Å²) in [6.45, 7) is 3.62. The van der Waals surface area contributed by atoms with Crippen molar-refractivity contribution in [2.75, 3.05) is 0 Å². The Balaban J connectivity index is 2.83. The van der Waals surface area contributed by atoms with Gasteiger partial charge in [-0.15, -0.1) is 0 Å². The summed E-state index contributed by atoms with van der Waals surface area (Å²) < 4.78 is 0. The average Bonchev–Trinajstić information content (AvgIpc) is 1.82. The largest absolute Gasteiger partial charge is 0.385 e. The second-order valence-electron chi connectivity index (χ2n) is 2.71. The molecule has 2 N–H and O–H groups in total. The summed E-state index contributed by atoms with van der Waals surface area (Å²) in [7, 11) is 0. The van der Waals surface area contributed by atoms with Gasteiger partial charge in [0.1, 0.15) is 0 Å². The molecule has 0 amide bonds. The van der Waals surface area contributed by atoms with Gasteiger partial charge in [0.2, 0.25) is 0 Å². The second kappa shape index (κ2) is 2.56. The summed E-state index contributed by atoms with van der Waals surface area (Å²) >= 11 is 0. The van der Waals surface area contributed by atoms with E-state index in [2.05, 4.69) is 0 Å². The average molecular weight is 140 g/mol. The Bertz CT molecular complexity index is 171. The van der Waals surface area contributed by atoms with Gasteiger partial charge in [-0.25, -0.2) is 0 Å². The fourth-order valence-corrected chi connectivity index (χ4v) is 1.13. The van der Waals surface area contributed by atoms with E-state index in [-0.39, 0.29) is 0 Å². The van der Waals surface area contributed by atoms with E-state index in [1.807, 2.05) is 13.8 Å². The van der Waals surface area contributed by atoms with Crippen LogP contribution in [0.15, 0.2) is 23.3 Å². The third kappa shape index (κ3) is 1.28. The van der Waals surface area contributed by atoms with Crippen LogP contribution in [0.2, 0.25) is 0 Å². The van der Waals surface area contributed by atoms with Crippen molar-refractivity contribution in [2.24, 2.45) is 0 Å². The molecule has 0 heterocycles. The molecule has 0 aromatic heterocycles. The predicted octanol–water partition coefficient (Wildman–Crippen LogP) is 0.614. The molecule has 0 saturated heterocycles. The number of hydrogen-bond donors (Lipinski definition) is 2. The Morgan fingerprint density at radius 3 is 1.90 bits per heavy atom. The molecule has 1 aliphatic carbocycles. The minimum absolute atomic E-state index is 0.483. The molecular weight excluding hydrogens is 128 g/mol. The predicted molar refractivity (Wildman–Crippen MR) is 39.5 cm³/mol. The zero-order valence-corrected chi connectivity index (χ0v) is 6.20. The summed E-state index contributed by atoms with van der Waals surface area (Å²) in [6, 6.07) is 0. The molecule has 1 rings (SSSR count). The zero-order chi connectivity index (χ0) is 7.72. The monoisotopic (exact) mass is 140 g/mol. The van der Waals surface area contributed by atoms with Crippen LogP contribution in [0.1, 0.15) is 13.8 Å². The lowest BCUT2D eigenvalue weighted by Crippen LogP contribution is -2.18. The Morgan fingerprint density at radius 1 is 1.10 bits per heavy atom. The molecule has 0 aromatic carbocycles. The molecule has 0 aromatic rings. The van der Waals surface area contributed by atoms with E-state index >= 15 is 0 Å². The maximum absolute atomic E-state index is 9.32. The van der Waals surface area contributed by atoms with Gasteiger partial charge in [-0.2, -0.15) is 0 Å². The van der Waals surface area contributed by atoms with E-state index in [0.29, 0.717) is 0 Å². The van der Waals surface area contributed by atoms with Crippen LogP contribution in [0.5, 0.6) is 0 Å². The van der Waals surface area contributed by atoms with Crippen molar-refractivity contribution in [2.45, 2.75) is 26.1 Å². The van der Waals surface area contributed by atoms with Crippen molar-refractivity contribution >= 4 is 0 Å². The lowest BCUT2D eigenvalue weighted by Gasteiger charge is -2.18. The highest BCUT2D eigenvalue weighted by Gasteiger charge is 2.15.